The Bertz CT molecular complexity index is 2080. The Morgan fingerprint density at radius 3 is 2.29 bits per heavy atom. The SMILES string of the molecule is CC(=O)N[C@H](Cc1c[nH]c2ccccc12)C(=O)NC(Cc1ccccc1)C(=O)N[C@@H](CCCNC(=N)N)C(=O)c1nc2ccc(C(=O)O)cc2s1. The average Bonchev–Trinajstić information content (AvgIpc) is 3.72. The van der Waals surface area contributed by atoms with Crippen molar-refractivity contribution in [2.24, 2.45) is 5.73 Å². The Balaban J connectivity index is 1.40. The van der Waals surface area contributed by atoms with Crippen LogP contribution in [-0.2, 0) is 27.2 Å². The number of amides is 3. The molecule has 0 aliphatic carbocycles. The second kappa shape index (κ2) is 16.5. The highest BCUT2D eigenvalue weighted by Gasteiger charge is 2.31. The minimum atomic E-state index is -1.14. The van der Waals surface area contributed by atoms with Crippen LogP contribution in [0.3, 0.4) is 0 Å². The maximum absolute atomic E-state index is 14.1. The molecule has 0 saturated carbocycles. The fraction of sp³-hybridized carbons (Fsp3) is 0.250. The lowest BCUT2D eigenvalue weighted by molar-refractivity contribution is -0.131. The summed E-state index contributed by atoms with van der Waals surface area (Å²) < 4.78 is 0.495. The minimum absolute atomic E-state index is 0.0482. The molecule has 3 aromatic carbocycles. The quantitative estimate of drug-likeness (QED) is 0.0325. The van der Waals surface area contributed by atoms with E-state index >= 15 is 0 Å². The van der Waals surface area contributed by atoms with E-state index in [4.69, 9.17) is 11.1 Å². The number of thiazole rings is 1. The van der Waals surface area contributed by atoms with E-state index in [0.29, 0.717) is 16.6 Å². The molecular formula is C36H38N8O6S. The van der Waals surface area contributed by atoms with Crippen molar-refractivity contribution in [3.8, 4) is 0 Å². The first-order chi connectivity index (χ1) is 24.5. The third kappa shape index (κ3) is 9.54. The zero-order valence-corrected chi connectivity index (χ0v) is 28.5. The van der Waals surface area contributed by atoms with E-state index in [1.807, 2.05) is 42.5 Å². The molecule has 0 fully saturated rings. The molecule has 264 valence electrons. The van der Waals surface area contributed by atoms with Gasteiger partial charge in [-0.3, -0.25) is 24.6 Å². The Hall–Kier alpha value is -6.09. The van der Waals surface area contributed by atoms with Gasteiger partial charge in [0.2, 0.25) is 23.5 Å². The molecule has 5 rings (SSSR count). The first-order valence-electron chi connectivity index (χ1n) is 16.2. The van der Waals surface area contributed by atoms with Crippen molar-refractivity contribution in [1.29, 1.82) is 5.41 Å². The Kier molecular flexibility index (Phi) is 11.7. The lowest BCUT2D eigenvalue weighted by Crippen LogP contribution is -2.56. The zero-order chi connectivity index (χ0) is 36.5. The van der Waals surface area contributed by atoms with Gasteiger partial charge >= 0.3 is 5.97 Å². The molecule has 3 amide bonds. The standard InChI is InChI=1S/C36H38N8O6S/c1-20(45)41-29(17-23-19-40-25-11-6-5-10-24(23)25)33(48)43-28(16-21-8-3-2-4-9-21)32(47)42-27(12-7-15-39-36(37)38)31(46)34-44-26-14-13-22(35(49)50)18-30(26)51-34/h2-6,8-11,13-14,18-19,27-29,40H,7,12,15-17H2,1H3,(H,41,45)(H,42,47)(H,43,48)(H,49,50)(H4,37,38,39)/t27-,28?,29+/m0/s1. The first kappa shape index (κ1) is 36.2. The molecule has 2 aromatic heterocycles. The van der Waals surface area contributed by atoms with Gasteiger partial charge in [-0.1, -0.05) is 48.5 Å². The number of fused-ring (bicyclic) bond motifs is 2. The summed E-state index contributed by atoms with van der Waals surface area (Å²) in [4.78, 5) is 73.1. The number of aromatic nitrogens is 2. The van der Waals surface area contributed by atoms with Gasteiger partial charge in [0.25, 0.3) is 0 Å². The van der Waals surface area contributed by atoms with E-state index in [0.717, 1.165) is 33.4 Å². The van der Waals surface area contributed by atoms with Crippen LogP contribution in [0.4, 0.5) is 0 Å². The van der Waals surface area contributed by atoms with E-state index in [1.54, 1.807) is 18.3 Å². The monoisotopic (exact) mass is 710 g/mol. The second-order valence-electron chi connectivity index (χ2n) is 12.0. The molecule has 0 saturated heterocycles. The molecule has 14 nitrogen and oxygen atoms in total. The van der Waals surface area contributed by atoms with Crippen molar-refractivity contribution < 1.29 is 29.1 Å². The van der Waals surface area contributed by atoms with Gasteiger partial charge < -0.3 is 37.1 Å². The molecule has 5 aromatic rings. The van der Waals surface area contributed by atoms with Gasteiger partial charge in [0.1, 0.15) is 12.1 Å². The molecule has 3 atom stereocenters. The summed E-state index contributed by atoms with van der Waals surface area (Å²) in [5, 5.41) is 28.8. The fourth-order valence-electron chi connectivity index (χ4n) is 5.69. The van der Waals surface area contributed by atoms with Gasteiger partial charge in [0.15, 0.2) is 11.0 Å². The van der Waals surface area contributed by atoms with E-state index in [1.165, 1.54) is 25.1 Å². The van der Waals surface area contributed by atoms with Crippen LogP contribution in [-0.4, -0.2) is 75.2 Å². The number of hydrogen-bond acceptors (Lipinski definition) is 8. The molecule has 0 aliphatic rings. The lowest BCUT2D eigenvalue weighted by atomic mass is 10.0. The van der Waals surface area contributed by atoms with Crippen LogP contribution in [0.15, 0.2) is 79.0 Å². The number of carbonyl (C=O) groups is 5. The van der Waals surface area contributed by atoms with Crippen LogP contribution in [0.1, 0.15) is 51.1 Å². The number of guanidine groups is 1. The van der Waals surface area contributed by atoms with Gasteiger partial charge in [-0.15, -0.1) is 11.3 Å². The summed E-state index contributed by atoms with van der Waals surface area (Å²) in [6.45, 7) is 1.57. The average molecular weight is 711 g/mol. The molecule has 0 spiro atoms. The third-order valence-corrected chi connectivity index (χ3v) is 9.21. The van der Waals surface area contributed by atoms with Crippen molar-refractivity contribution in [2.75, 3.05) is 6.54 Å². The second-order valence-corrected chi connectivity index (χ2v) is 13.0. The first-order valence-corrected chi connectivity index (χ1v) is 17.0. The number of hydrogen-bond donors (Lipinski definition) is 8. The van der Waals surface area contributed by atoms with E-state index in [-0.39, 0.29) is 42.3 Å². The van der Waals surface area contributed by atoms with Crippen molar-refractivity contribution in [1.82, 2.24) is 31.2 Å². The van der Waals surface area contributed by atoms with Crippen LogP contribution < -0.4 is 27.0 Å². The van der Waals surface area contributed by atoms with Crippen LogP contribution in [0.2, 0.25) is 0 Å². The summed E-state index contributed by atoms with van der Waals surface area (Å²) in [7, 11) is 0. The topological polar surface area (TPSA) is 232 Å². The van der Waals surface area contributed by atoms with E-state index < -0.39 is 47.6 Å². The molecule has 9 N–H and O–H groups in total. The number of aromatic carboxylic acids is 1. The number of aromatic amines is 1. The predicted molar refractivity (Wildman–Crippen MR) is 194 cm³/mol. The Labute approximate surface area is 296 Å². The number of Topliss-reactive ketones (excluding diaryl/α,β-unsaturated/α-hetero) is 1. The predicted octanol–water partition coefficient (Wildman–Crippen LogP) is 2.88. The number of ketones is 1. The van der Waals surface area contributed by atoms with Gasteiger partial charge in [0.05, 0.1) is 21.8 Å². The number of rotatable bonds is 16. The number of H-pyrrole nitrogens is 1. The summed E-state index contributed by atoms with van der Waals surface area (Å²) in [5.41, 5.74) is 8.33. The van der Waals surface area contributed by atoms with Gasteiger partial charge in [0, 0.05) is 43.4 Å². The lowest BCUT2D eigenvalue weighted by Gasteiger charge is -2.25. The molecule has 0 radical (unpaired) electrons. The number of para-hydroxylation sites is 1. The van der Waals surface area contributed by atoms with Crippen LogP contribution in [0.25, 0.3) is 21.1 Å². The van der Waals surface area contributed by atoms with Crippen molar-refractivity contribution >= 4 is 67.9 Å². The Morgan fingerprint density at radius 2 is 1.59 bits per heavy atom. The van der Waals surface area contributed by atoms with E-state index in [9.17, 15) is 29.1 Å². The maximum Gasteiger partial charge on any atom is 0.335 e. The number of carbonyl (C=O) groups excluding carboxylic acids is 4. The minimum Gasteiger partial charge on any atom is -0.478 e. The van der Waals surface area contributed by atoms with Crippen LogP contribution >= 0.6 is 11.3 Å². The highest BCUT2D eigenvalue weighted by atomic mass is 32.1. The van der Waals surface area contributed by atoms with Gasteiger partial charge in [-0.05, 0) is 48.2 Å². The third-order valence-electron chi connectivity index (χ3n) is 8.17. The van der Waals surface area contributed by atoms with Gasteiger partial charge in [-0.25, -0.2) is 9.78 Å². The molecule has 0 aliphatic heterocycles. The van der Waals surface area contributed by atoms with Gasteiger partial charge in [-0.2, -0.15) is 0 Å². The molecule has 2 heterocycles. The molecule has 51 heavy (non-hydrogen) atoms. The summed E-state index contributed by atoms with van der Waals surface area (Å²) in [6.07, 6.45) is 2.50. The Morgan fingerprint density at radius 1 is 0.902 bits per heavy atom. The highest BCUT2D eigenvalue weighted by molar-refractivity contribution is 7.20. The molecular weight excluding hydrogens is 673 g/mol. The van der Waals surface area contributed by atoms with Crippen LogP contribution in [0.5, 0.6) is 0 Å². The number of carboxylic acids is 1. The number of nitrogens with zero attached hydrogens (tertiary/aromatic N) is 1. The normalized spacial score (nSPS) is 12.8. The smallest absolute Gasteiger partial charge is 0.335 e. The molecule has 1 unspecified atom stereocenters. The zero-order valence-electron chi connectivity index (χ0n) is 27.7. The van der Waals surface area contributed by atoms with Crippen molar-refractivity contribution in [2.45, 2.75) is 50.7 Å². The van der Waals surface area contributed by atoms with Crippen molar-refractivity contribution in [3.05, 3.63) is 101 Å². The summed E-state index contributed by atoms with van der Waals surface area (Å²) in [5.74, 6) is -3.49. The van der Waals surface area contributed by atoms with Crippen LogP contribution in [0, 0.1) is 5.41 Å². The summed E-state index contributed by atoms with van der Waals surface area (Å²) >= 11 is 1.01. The molecule has 0 bridgehead atoms. The number of carboxylic acid groups (broad SMARTS) is 1. The maximum atomic E-state index is 14.1. The number of benzene rings is 3. The number of nitrogens with one attached hydrogen (secondary N) is 6. The molecule has 15 heteroatoms. The number of nitrogens with two attached hydrogens (primary N) is 1. The summed E-state index contributed by atoms with van der Waals surface area (Å²) in [6, 6.07) is 17.8. The largest absolute Gasteiger partial charge is 0.478 e. The van der Waals surface area contributed by atoms with E-state index in [2.05, 4.69) is 31.2 Å². The fourth-order valence-corrected chi connectivity index (χ4v) is 6.69. The highest BCUT2D eigenvalue weighted by Crippen LogP contribution is 2.25. The van der Waals surface area contributed by atoms with Crippen molar-refractivity contribution in [3.63, 3.8) is 0 Å².